The van der Waals surface area contributed by atoms with Crippen LogP contribution in [-0.4, -0.2) is 30.1 Å². The van der Waals surface area contributed by atoms with Gasteiger partial charge in [-0.1, -0.05) is 12.8 Å². The Morgan fingerprint density at radius 1 is 1.17 bits per heavy atom. The van der Waals surface area contributed by atoms with E-state index in [1.165, 1.54) is 38.5 Å². The average molecular weight is 247 g/mol. The SMILES string of the molecule is N#CC(N)(CN1CCC2(CCCC2)CC1)C1CC1. The van der Waals surface area contributed by atoms with E-state index in [4.69, 9.17) is 5.73 Å². The minimum absolute atomic E-state index is 0.463. The number of nitriles is 1. The Labute approximate surface area is 110 Å². The lowest BCUT2D eigenvalue weighted by Gasteiger charge is -2.41. The van der Waals surface area contributed by atoms with Crippen LogP contribution in [0.4, 0.5) is 0 Å². The van der Waals surface area contributed by atoms with Crippen molar-refractivity contribution in [3.63, 3.8) is 0 Å². The van der Waals surface area contributed by atoms with Crippen molar-refractivity contribution in [2.45, 2.75) is 56.9 Å². The smallest absolute Gasteiger partial charge is 0.119 e. The van der Waals surface area contributed by atoms with Gasteiger partial charge in [-0.2, -0.15) is 5.26 Å². The lowest BCUT2D eigenvalue weighted by atomic mass is 9.76. The maximum Gasteiger partial charge on any atom is 0.119 e. The Balaban J connectivity index is 1.55. The summed E-state index contributed by atoms with van der Waals surface area (Å²) in [6.45, 7) is 3.12. The van der Waals surface area contributed by atoms with Gasteiger partial charge in [0.25, 0.3) is 0 Å². The fourth-order valence-corrected chi connectivity index (χ4v) is 4.03. The van der Waals surface area contributed by atoms with Crippen molar-refractivity contribution in [2.24, 2.45) is 17.1 Å². The van der Waals surface area contributed by atoms with Crippen molar-refractivity contribution < 1.29 is 0 Å². The van der Waals surface area contributed by atoms with Gasteiger partial charge in [0.05, 0.1) is 6.07 Å². The molecule has 1 heterocycles. The summed E-state index contributed by atoms with van der Waals surface area (Å²) in [4.78, 5) is 2.45. The lowest BCUT2D eigenvalue weighted by molar-refractivity contribution is 0.0941. The van der Waals surface area contributed by atoms with Crippen LogP contribution >= 0.6 is 0 Å². The summed E-state index contributed by atoms with van der Waals surface area (Å²) in [7, 11) is 0. The summed E-state index contributed by atoms with van der Waals surface area (Å²) in [5.74, 6) is 0.463. The zero-order valence-corrected chi connectivity index (χ0v) is 11.3. The topological polar surface area (TPSA) is 53.1 Å². The van der Waals surface area contributed by atoms with Gasteiger partial charge in [0.15, 0.2) is 0 Å². The van der Waals surface area contributed by atoms with Crippen molar-refractivity contribution in [1.82, 2.24) is 4.90 Å². The van der Waals surface area contributed by atoms with E-state index in [1.807, 2.05) is 0 Å². The third-order valence-electron chi connectivity index (χ3n) is 5.58. The molecule has 0 radical (unpaired) electrons. The zero-order valence-electron chi connectivity index (χ0n) is 11.3. The second-order valence-corrected chi connectivity index (χ2v) is 6.91. The maximum absolute atomic E-state index is 9.33. The highest BCUT2D eigenvalue weighted by Gasteiger charge is 2.45. The highest BCUT2D eigenvalue weighted by Crippen LogP contribution is 2.46. The van der Waals surface area contributed by atoms with Crippen molar-refractivity contribution in [1.29, 1.82) is 5.26 Å². The number of nitrogens with two attached hydrogens (primary N) is 1. The Bertz CT molecular complexity index is 339. The van der Waals surface area contributed by atoms with E-state index < -0.39 is 5.54 Å². The van der Waals surface area contributed by atoms with Crippen molar-refractivity contribution in [3.8, 4) is 6.07 Å². The van der Waals surface area contributed by atoms with Crippen LogP contribution in [0.5, 0.6) is 0 Å². The molecule has 0 aromatic rings. The molecule has 0 amide bonds. The molecule has 2 saturated carbocycles. The van der Waals surface area contributed by atoms with Gasteiger partial charge in [0.1, 0.15) is 5.54 Å². The molecule has 1 atom stereocenters. The monoisotopic (exact) mass is 247 g/mol. The van der Waals surface area contributed by atoms with Gasteiger partial charge in [-0.05, 0) is 62.9 Å². The largest absolute Gasteiger partial charge is 0.312 e. The van der Waals surface area contributed by atoms with Crippen LogP contribution in [0.1, 0.15) is 51.4 Å². The minimum Gasteiger partial charge on any atom is -0.312 e. The van der Waals surface area contributed by atoms with Gasteiger partial charge in [-0.3, -0.25) is 0 Å². The third kappa shape index (κ3) is 2.29. The van der Waals surface area contributed by atoms with Crippen molar-refractivity contribution >= 4 is 0 Å². The molecule has 2 N–H and O–H groups in total. The van der Waals surface area contributed by atoms with Crippen LogP contribution in [0.15, 0.2) is 0 Å². The zero-order chi connectivity index (χ0) is 12.6. The van der Waals surface area contributed by atoms with E-state index in [0.29, 0.717) is 11.3 Å². The van der Waals surface area contributed by atoms with Gasteiger partial charge in [0.2, 0.25) is 0 Å². The molecular weight excluding hydrogens is 222 g/mol. The summed E-state index contributed by atoms with van der Waals surface area (Å²) in [6, 6.07) is 2.38. The molecule has 1 saturated heterocycles. The Morgan fingerprint density at radius 2 is 1.78 bits per heavy atom. The Morgan fingerprint density at radius 3 is 2.28 bits per heavy atom. The molecule has 0 bridgehead atoms. The van der Waals surface area contributed by atoms with E-state index in [2.05, 4.69) is 11.0 Å². The van der Waals surface area contributed by atoms with Gasteiger partial charge in [-0.15, -0.1) is 0 Å². The molecule has 0 aromatic carbocycles. The van der Waals surface area contributed by atoms with Crippen LogP contribution in [0.3, 0.4) is 0 Å². The molecule has 100 valence electrons. The first-order valence-electron chi connectivity index (χ1n) is 7.58. The molecule has 1 spiro atoms. The molecule has 3 rings (SSSR count). The Hall–Kier alpha value is -0.590. The second-order valence-electron chi connectivity index (χ2n) is 6.91. The van der Waals surface area contributed by atoms with E-state index in [1.54, 1.807) is 0 Å². The first-order valence-corrected chi connectivity index (χ1v) is 7.58. The average Bonchev–Trinajstić information content (AvgIpc) is 3.16. The molecule has 18 heavy (non-hydrogen) atoms. The fourth-order valence-electron chi connectivity index (χ4n) is 4.03. The van der Waals surface area contributed by atoms with Gasteiger partial charge >= 0.3 is 0 Å². The minimum atomic E-state index is -0.569. The van der Waals surface area contributed by atoms with Crippen LogP contribution in [0.25, 0.3) is 0 Å². The van der Waals surface area contributed by atoms with Crippen molar-refractivity contribution in [3.05, 3.63) is 0 Å². The first-order chi connectivity index (χ1) is 8.66. The third-order valence-corrected chi connectivity index (χ3v) is 5.58. The van der Waals surface area contributed by atoms with Crippen LogP contribution < -0.4 is 5.73 Å². The maximum atomic E-state index is 9.33. The van der Waals surface area contributed by atoms with E-state index in [0.717, 1.165) is 32.5 Å². The fraction of sp³-hybridized carbons (Fsp3) is 0.933. The normalized spacial score (nSPS) is 31.1. The van der Waals surface area contributed by atoms with E-state index >= 15 is 0 Å². The molecule has 3 fully saturated rings. The Kier molecular flexibility index (Phi) is 3.11. The standard InChI is InChI=1S/C15H25N3/c16-11-15(17,13-3-4-13)12-18-9-7-14(8-10-18)5-1-2-6-14/h13H,1-10,12,17H2. The molecule has 2 aliphatic carbocycles. The first kappa shape index (κ1) is 12.4. The molecule has 0 aromatic heterocycles. The summed E-state index contributed by atoms with van der Waals surface area (Å²) in [6.07, 6.45) is 10.7. The molecule has 1 aliphatic heterocycles. The van der Waals surface area contributed by atoms with Gasteiger partial charge in [-0.25, -0.2) is 0 Å². The number of likely N-dealkylation sites (tertiary alicyclic amines) is 1. The quantitative estimate of drug-likeness (QED) is 0.832. The van der Waals surface area contributed by atoms with Crippen LogP contribution in [0, 0.1) is 22.7 Å². The lowest BCUT2D eigenvalue weighted by Crippen LogP contribution is -2.53. The molecule has 3 nitrogen and oxygen atoms in total. The van der Waals surface area contributed by atoms with Crippen LogP contribution in [0.2, 0.25) is 0 Å². The number of hydrogen-bond donors (Lipinski definition) is 1. The summed E-state index contributed by atoms with van der Waals surface area (Å²) in [5, 5.41) is 9.33. The highest BCUT2D eigenvalue weighted by molar-refractivity contribution is 5.15. The second kappa shape index (κ2) is 4.51. The number of piperidine rings is 1. The molecule has 1 unspecified atom stereocenters. The summed E-state index contributed by atoms with van der Waals surface area (Å²) < 4.78 is 0. The number of nitrogens with zero attached hydrogens (tertiary/aromatic N) is 2. The predicted octanol–water partition coefficient (Wildman–Crippen LogP) is 2.27. The number of hydrogen-bond acceptors (Lipinski definition) is 3. The summed E-state index contributed by atoms with van der Waals surface area (Å²) >= 11 is 0. The van der Waals surface area contributed by atoms with Gasteiger partial charge in [0, 0.05) is 6.54 Å². The highest BCUT2D eigenvalue weighted by atomic mass is 15.2. The van der Waals surface area contributed by atoms with Gasteiger partial charge < -0.3 is 10.6 Å². The van der Waals surface area contributed by atoms with E-state index in [-0.39, 0.29) is 0 Å². The van der Waals surface area contributed by atoms with E-state index in [9.17, 15) is 5.26 Å². The predicted molar refractivity (Wildman–Crippen MR) is 71.8 cm³/mol. The molecular formula is C15H25N3. The molecule has 3 heteroatoms. The van der Waals surface area contributed by atoms with Crippen molar-refractivity contribution in [2.75, 3.05) is 19.6 Å². The molecule has 3 aliphatic rings. The van der Waals surface area contributed by atoms with Crippen LogP contribution in [-0.2, 0) is 0 Å². The number of rotatable bonds is 3. The summed E-state index contributed by atoms with van der Waals surface area (Å²) in [5.41, 5.74) is 6.37.